The zero-order valence-corrected chi connectivity index (χ0v) is 16.3. The number of imide groups is 1. The van der Waals surface area contributed by atoms with Crippen LogP contribution in [0.15, 0.2) is 48.5 Å². The number of benzene rings is 2. The van der Waals surface area contributed by atoms with Crippen molar-refractivity contribution in [2.45, 2.75) is 32.7 Å². The molecule has 0 aromatic heterocycles. The fourth-order valence-corrected chi connectivity index (χ4v) is 3.01. The zero-order valence-electron chi connectivity index (χ0n) is 16.3. The number of carbonyl (C=O) groups excluding carboxylic acids is 4. The molecule has 0 radical (unpaired) electrons. The molecule has 1 N–H and O–H groups in total. The molecular weight excluding hydrogens is 372 g/mol. The zero-order chi connectivity index (χ0) is 21.0. The molecule has 0 aliphatic carbocycles. The van der Waals surface area contributed by atoms with Crippen LogP contribution in [-0.4, -0.2) is 41.2 Å². The average Bonchev–Trinajstić information content (AvgIpc) is 2.98. The van der Waals surface area contributed by atoms with Crippen molar-refractivity contribution < 1.29 is 23.9 Å². The largest absolute Gasteiger partial charge is 0.462 e. The Morgan fingerprint density at radius 1 is 1.00 bits per heavy atom. The summed E-state index contributed by atoms with van der Waals surface area (Å²) in [5.74, 6) is -1.90. The number of esters is 1. The van der Waals surface area contributed by atoms with Gasteiger partial charge >= 0.3 is 5.97 Å². The second-order valence-electron chi connectivity index (χ2n) is 6.76. The summed E-state index contributed by atoms with van der Waals surface area (Å²) in [5.41, 5.74) is 1.42. The molecule has 0 fully saturated rings. The SMILES string of the molecule is CCCCOC(=O)c1ccc(NC(=O)C(C)N2C(=O)c3ccccc3C2=O)cc1. The van der Waals surface area contributed by atoms with Gasteiger partial charge in [-0.1, -0.05) is 25.5 Å². The van der Waals surface area contributed by atoms with E-state index in [-0.39, 0.29) is 0 Å². The summed E-state index contributed by atoms with van der Waals surface area (Å²) in [4.78, 5) is 50.5. The number of ether oxygens (including phenoxy) is 1. The van der Waals surface area contributed by atoms with Gasteiger partial charge in [-0.25, -0.2) is 4.79 Å². The molecule has 29 heavy (non-hydrogen) atoms. The fourth-order valence-electron chi connectivity index (χ4n) is 3.01. The summed E-state index contributed by atoms with van der Waals surface area (Å²) in [6, 6.07) is 11.7. The predicted molar refractivity (Wildman–Crippen MR) is 107 cm³/mol. The summed E-state index contributed by atoms with van der Waals surface area (Å²) in [7, 11) is 0. The standard InChI is InChI=1S/C22H22N2O5/c1-3-4-13-29-22(28)15-9-11-16(12-10-15)23-19(25)14(2)24-20(26)17-7-5-6-8-18(17)21(24)27/h5-12,14H,3-4,13H2,1-2H3,(H,23,25). The van der Waals surface area contributed by atoms with E-state index in [0.29, 0.717) is 29.0 Å². The van der Waals surface area contributed by atoms with E-state index in [1.165, 1.54) is 6.92 Å². The van der Waals surface area contributed by atoms with Crippen molar-refractivity contribution in [2.24, 2.45) is 0 Å². The molecule has 2 aromatic rings. The lowest BCUT2D eigenvalue weighted by Gasteiger charge is -2.21. The molecule has 0 bridgehead atoms. The number of unbranched alkanes of at least 4 members (excludes halogenated alkanes) is 1. The Kier molecular flexibility index (Phi) is 6.07. The van der Waals surface area contributed by atoms with Crippen molar-refractivity contribution >= 4 is 29.4 Å². The highest BCUT2D eigenvalue weighted by Gasteiger charge is 2.40. The third kappa shape index (κ3) is 4.18. The van der Waals surface area contributed by atoms with Gasteiger partial charge in [0.15, 0.2) is 0 Å². The molecule has 1 aliphatic heterocycles. The van der Waals surface area contributed by atoms with E-state index in [4.69, 9.17) is 4.74 Å². The van der Waals surface area contributed by atoms with Gasteiger partial charge in [-0.2, -0.15) is 0 Å². The van der Waals surface area contributed by atoms with Crippen molar-refractivity contribution in [3.05, 3.63) is 65.2 Å². The minimum Gasteiger partial charge on any atom is -0.462 e. The van der Waals surface area contributed by atoms with E-state index in [1.807, 2.05) is 6.92 Å². The lowest BCUT2D eigenvalue weighted by atomic mass is 10.1. The van der Waals surface area contributed by atoms with Crippen molar-refractivity contribution in [3.63, 3.8) is 0 Å². The summed E-state index contributed by atoms with van der Waals surface area (Å²) in [6.07, 6.45) is 1.74. The Bertz CT molecular complexity index is 917. The number of nitrogens with one attached hydrogen (secondary N) is 1. The highest BCUT2D eigenvalue weighted by Crippen LogP contribution is 2.25. The van der Waals surface area contributed by atoms with Gasteiger partial charge in [0, 0.05) is 5.69 Å². The van der Waals surface area contributed by atoms with Crippen LogP contribution in [-0.2, 0) is 9.53 Å². The molecule has 1 atom stereocenters. The Hall–Kier alpha value is -3.48. The molecule has 0 saturated carbocycles. The number of nitrogens with zero attached hydrogens (tertiary/aromatic N) is 1. The predicted octanol–water partition coefficient (Wildman–Crippen LogP) is 3.27. The fraction of sp³-hybridized carbons (Fsp3) is 0.273. The number of hydrogen-bond donors (Lipinski definition) is 1. The van der Waals surface area contributed by atoms with E-state index in [1.54, 1.807) is 48.5 Å². The van der Waals surface area contributed by atoms with Gasteiger partial charge in [-0.05, 0) is 49.7 Å². The minimum atomic E-state index is -0.985. The molecule has 7 nitrogen and oxygen atoms in total. The molecule has 3 rings (SSSR count). The molecule has 1 unspecified atom stereocenters. The summed E-state index contributed by atoms with van der Waals surface area (Å²) >= 11 is 0. The lowest BCUT2D eigenvalue weighted by molar-refractivity contribution is -0.119. The van der Waals surface area contributed by atoms with Crippen molar-refractivity contribution in [3.8, 4) is 0 Å². The van der Waals surface area contributed by atoms with E-state index in [2.05, 4.69) is 5.32 Å². The second kappa shape index (κ2) is 8.68. The number of anilines is 1. The molecular formula is C22H22N2O5. The van der Waals surface area contributed by atoms with Crippen LogP contribution < -0.4 is 5.32 Å². The summed E-state index contributed by atoms with van der Waals surface area (Å²) in [5, 5.41) is 2.67. The molecule has 2 aromatic carbocycles. The molecule has 0 saturated heterocycles. The van der Waals surface area contributed by atoms with Gasteiger partial charge in [0.25, 0.3) is 11.8 Å². The van der Waals surface area contributed by atoms with Crippen LogP contribution in [0.4, 0.5) is 5.69 Å². The van der Waals surface area contributed by atoms with Gasteiger partial charge in [0.05, 0.1) is 23.3 Å². The topological polar surface area (TPSA) is 92.8 Å². The Morgan fingerprint density at radius 2 is 1.59 bits per heavy atom. The number of amides is 3. The van der Waals surface area contributed by atoms with Gasteiger partial charge in [0.1, 0.15) is 6.04 Å². The van der Waals surface area contributed by atoms with Crippen LogP contribution in [0.2, 0.25) is 0 Å². The third-order valence-electron chi connectivity index (χ3n) is 4.71. The van der Waals surface area contributed by atoms with Crippen LogP contribution in [0.3, 0.4) is 0 Å². The van der Waals surface area contributed by atoms with Crippen molar-refractivity contribution in [1.82, 2.24) is 4.90 Å². The van der Waals surface area contributed by atoms with Gasteiger partial charge in [0.2, 0.25) is 5.91 Å². The summed E-state index contributed by atoms with van der Waals surface area (Å²) in [6.45, 7) is 3.87. The Morgan fingerprint density at radius 3 is 2.14 bits per heavy atom. The van der Waals surface area contributed by atoms with Crippen LogP contribution in [0.25, 0.3) is 0 Å². The lowest BCUT2D eigenvalue weighted by Crippen LogP contribution is -2.45. The van der Waals surface area contributed by atoms with Crippen molar-refractivity contribution in [2.75, 3.05) is 11.9 Å². The average molecular weight is 394 g/mol. The molecule has 3 amide bonds. The highest BCUT2D eigenvalue weighted by atomic mass is 16.5. The van der Waals surface area contributed by atoms with Gasteiger partial charge < -0.3 is 10.1 Å². The number of hydrogen-bond acceptors (Lipinski definition) is 5. The first-order valence-corrected chi connectivity index (χ1v) is 9.49. The molecule has 0 spiro atoms. The van der Waals surface area contributed by atoms with E-state index in [9.17, 15) is 19.2 Å². The monoisotopic (exact) mass is 394 g/mol. The van der Waals surface area contributed by atoms with Crippen LogP contribution in [0.5, 0.6) is 0 Å². The third-order valence-corrected chi connectivity index (χ3v) is 4.71. The smallest absolute Gasteiger partial charge is 0.338 e. The molecule has 7 heteroatoms. The molecule has 1 heterocycles. The van der Waals surface area contributed by atoms with Crippen LogP contribution in [0.1, 0.15) is 57.8 Å². The van der Waals surface area contributed by atoms with E-state index >= 15 is 0 Å². The second-order valence-corrected chi connectivity index (χ2v) is 6.76. The Balaban J connectivity index is 1.64. The number of carbonyl (C=O) groups is 4. The highest BCUT2D eigenvalue weighted by molar-refractivity contribution is 6.23. The first kappa shape index (κ1) is 20.3. The van der Waals surface area contributed by atoms with E-state index < -0.39 is 29.7 Å². The number of fused-ring (bicyclic) bond motifs is 1. The first-order chi connectivity index (χ1) is 13.9. The Labute approximate surface area is 168 Å². The van der Waals surface area contributed by atoms with Crippen molar-refractivity contribution in [1.29, 1.82) is 0 Å². The van der Waals surface area contributed by atoms with E-state index in [0.717, 1.165) is 17.7 Å². The summed E-state index contributed by atoms with van der Waals surface area (Å²) < 4.78 is 5.14. The van der Waals surface area contributed by atoms with Gasteiger partial charge in [-0.15, -0.1) is 0 Å². The first-order valence-electron chi connectivity index (χ1n) is 9.49. The minimum absolute atomic E-state index is 0.295. The van der Waals surface area contributed by atoms with Gasteiger partial charge in [-0.3, -0.25) is 19.3 Å². The maximum atomic E-state index is 12.6. The quantitative estimate of drug-likeness (QED) is 0.442. The molecule has 1 aliphatic rings. The maximum absolute atomic E-state index is 12.6. The van der Waals surface area contributed by atoms with Crippen LogP contribution >= 0.6 is 0 Å². The normalized spacial score (nSPS) is 13.8. The maximum Gasteiger partial charge on any atom is 0.338 e. The van der Waals surface area contributed by atoms with Crippen LogP contribution in [0, 0.1) is 0 Å². The molecule has 150 valence electrons. The number of rotatable bonds is 7.